The highest BCUT2D eigenvalue weighted by atomic mass is 16.5. The molecule has 1 fully saturated rings. The molecule has 8 nitrogen and oxygen atoms in total. The number of carboxylic acids is 1. The van der Waals surface area contributed by atoms with E-state index in [2.05, 4.69) is 5.32 Å². The van der Waals surface area contributed by atoms with Crippen LogP contribution in [0.15, 0.2) is 0 Å². The van der Waals surface area contributed by atoms with Gasteiger partial charge in [0.05, 0.1) is 19.1 Å². The third kappa shape index (κ3) is 4.21. The lowest BCUT2D eigenvalue weighted by molar-refractivity contribution is -0.141. The molecule has 0 radical (unpaired) electrons. The van der Waals surface area contributed by atoms with E-state index in [1.807, 2.05) is 6.92 Å². The predicted molar refractivity (Wildman–Crippen MR) is 60.8 cm³/mol. The van der Waals surface area contributed by atoms with Gasteiger partial charge in [-0.05, 0) is 6.92 Å². The molecular formula is C10H17N3O5. The molecule has 18 heavy (non-hydrogen) atoms. The summed E-state index contributed by atoms with van der Waals surface area (Å²) in [6.07, 6.45) is -0.523. The molecule has 2 atom stereocenters. The maximum Gasteiger partial charge on any atom is 0.326 e. The summed E-state index contributed by atoms with van der Waals surface area (Å²) in [6, 6.07) is -1.83. The molecule has 102 valence electrons. The van der Waals surface area contributed by atoms with Crippen molar-refractivity contribution >= 4 is 17.9 Å². The van der Waals surface area contributed by atoms with Gasteiger partial charge in [0.15, 0.2) is 0 Å². The van der Waals surface area contributed by atoms with E-state index in [1.54, 1.807) is 0 Å². The minimum absolute atomic E-state index is 0.0936. The van der Waals surface area contributed by atoms with Crippen molar-refractivity contribution in [2.24, 2.45) is 5.73 Å². The van der Waals surface area contributed by atoms with E-state index in [0.717, 1.165) is 0 Å². The van der Waals surface area contributed by atoms with Crippen LogP contribution < -0.4 is 11.1 Å². The van der Waals surface area contributed by atoms with E-state index in [9.17, 15) is 14.4 Å². The average Bonchev–Trinajstić information content (AvgIpc) is 2.27. The second kappa shape index (κ2) is 6.20. The van der Waals surface area contributed by atoms with Gasteiger partial charge in [-0.15, -0.1) is 0 Å². The molecule has 0 aliphatic carbocycles. The molecule has 1 saturated heterocycles. The Hall–Kier alpha value is -1.83. The summed E-state index contributed by atoms with van der Waals surface area (Å²) in [6.45, 7) is 2.99. The van der Waals surface area contributed by atoms with Crippen LogP contribution in [0.5, 0.6) is 0 Å². The number of hydrogen-bond acceptors (Lipinski definition) is 4. The first kappa shape index (κ1) is 14.2. The van der Waals surface area contributed by atoms with Gasteiger partial charge in [-0.3, -0.25) is 4.79 Å². The molecule has 1 unspecified atom stereocenters. The molecule has 0 aromatic rings. The van der Waals surface area contributed by atoms with Crippen LogP contribution in [0.2, 0.25) is 0 Å². The van der Waals surface area contributed by atoms with Crippen molar-refractivity contribution in [3.8, 4) is 0 Å². The molecule has 0 spiro atoms. The van der Waals surface area contributed by atoms with E-state index >= 15 is 0 Å². The number of ether oxygens (including phenoxy) is 1. The number of aliphatic carboxylic acids is 1. The number of hydrogen-bond donors (Lipinski definition) is 3. The van der Waals surface area contributed by atoms with Gasteiger partial charge in [0, 0.05) is 13.1 Å². The molecule has 3 amide bonds. The molecule has 1 heterocycles. The summed E-state index contributed by atoms with van der Waals surface area (Å²) in [5.41, 5.74) is 4.92. The van der Waals surface area contributed by atoms with Gasteiger partial charge in [0.1, 0.15) is 6.04 Å². The third-order valence-electron chi connectivity index (χ3n) is 2.53. The maximum absolute atomic E-state index is 11.8. The zero-order valence-corrected chi connectivity index (χ0v) is 10.1. The fraction of sp³-hybridized carbons (Fsp3) is 0.700. The number of carbonyl (C=O) groups is 3. The SMILES string of the molecule is CC1CN(C(=O)N[C@@H](CC(N)=O)C(=O)O)CCO1. The van der Waals surface area contributed by atoms with Crippen molar-refractivity contribution in [1.82, 2.24) is 10.2 Å². The van der Waals surface area contributed by atoms with E-state index in [1.165, 1.54) is 4.90 Å². The van der Waals surface area contributed by atoms with Crippen LogP contribution in [0, 0.1) is 0 Å². The Kier molecular flexibility index (Phi) is 4.90. The zero-order valence-electron chi connectivity index (χ0n) is 10.1. The number of amides is 3. The van der Waals surface area contributed by atoms with E-state index in [-0.39, 0.29) is 6.10 Å². The van der Waals surface area contributed by atoms with Crippen molar-refractivity contribution in [2.45, 2.75) is 25.5 Å². The van der Waals surface area contributed by atoms with E-state index in [0.29, 0.717) is 19.7 Å². The van der Waals surface area contributed by atoms with Gasteiger partial charge in [0.2, 0.25) is 5.91 Å². The van der Waals surface area contributed by atoms with Gasteiger partial charge in [-0.1, -0.05) is 0 Å². The summed E-state index contributed by atoms with van der Waals surface area (Å²) in [5.74, 6) is -2.07. The monoisotopic (exact) mass is 259 g/mol. The van der Waals surface area contributed by atoms with Crippen molar-refractivity contribution in [3.63, 3.8) is 0 Å². The highest BCUT2D eigenvalue weighted by molar-refractivity contribution is 5.87. The largest absolute Gasteiger partial charge is 0.480 e. The highest BCUT2D eigenvalue weighted by Gasteiger charge is 2.27. The summed E-state index contributed by atoms with van der Waals surface area (Å²) in [7, 11) is 0. The second-order valence-electron chi connectivity index (χ2n) is 4.14. The van der Waals surface area contributed by atoms with Gasteiger partial charge in [-0.2, -0.15) is 0 Å². The number of rotatable bonds is 4. The number of urea groups is 1. The number of primary amides is 1. The van der Waals surface area contributed by atoms with Gasteiger partial charge < -0.3 is 25.8 Å². The van der Waals surface area contributed by atoms with Gasteiger partial charge >= 0.3 is 12.0 Å². The first-order valence-corrected chi connectivity index (χ1v) is 5.58. The molecule has 1 aliphatic rings. The topological polar surface area (TPSA) is 122 Å². The first-order valence-electron chi connectivity index (χ1n) is 5.58. The Balaban J connectivity index is 2.54. The smallest absolute Gasteiger partial charge is 0.326 e. The van der Waals surface area contributed by atoms with Crippen molar-refractivity contribution in [2.75, 3.05) is 19.7 Å². The fourth-order valence-corrected chi connectivity index (χ4v) is 1.64. The lowest BCUT2D eigenvalue weighted by Gasteiger charge is -2.31. The predicted octanol–water partition coefficient (Wildman–Crippen LogP) is -1.25. The zero-order chi connectivity index (χ0) is 13.7. The Morgan fingerprint density at radius 3 is 2.72 bits per heavy atom. The van der Waals surface area contributed by atoms with Crippen molar-refractivity contribution in [1.29, 1.82) is 0 Å². The van der Waals surface area contributed by atoms with Crippen LogP contribution in [0.25, 0.3) is 0 Å². The number of nitrogens with zero attached hydrogens (tertiary/aromatic N) is 1. The molecule has 1 aliphatic heterocycles. The molecule has 0 saturated carbocycles. The Morgan fingerprint density at radius 1 is 1.56 bits per heavy atom. The molecule has 0 aromatic heterocycles. The van der Waals surface area contributed by atoms with Gasteiger partial charge in [0.25, 0.3) is 0 Å². The van der Waals surface area contributed by atoms with Crippen LogP contribution >= 0.6 is 0 Å². The third-order valence-corrected chi connectivity index (χ3v) is 2.53. The Bertz CT molecular complexity index is 346. The van der Waals surface area contributed by atoms with Crippen LogP contribution in [0.3, 0.4) is 0 Å². The van der Waals surface area contributed by atoms with Crippen molar-refractivity contribution < 1.29 is 24.2 Å². The molecule has 4 N–H and O–H groups in total. The van der Waals surface area contributed by atoms with E-state index < -0.39 is 30.4 Å². The minimum Gasteiger partial charge on any atom is -0.480 e. The normalized spacial score (nSPS) is 21.2. The first-order chi connectivity index (χ1) is 8.40. The Labute approximate surface area is 104 Å². The van der Waals surface area contributed by atoms with Crippen LogP contribution in [-0.4, -0.2) is 59.8 Å². The minimum atomic E-state index is -1.30. The number of carboxylic acid groups (broad SMARTS) is 1. The van der Waals surface area contributed by atoms with Gasteiger partial charge in [-0.25, -0.2) is 9.59 Å². The maximum atomic E-state index is 11.8. The molecule has 8 heteroatoms. The summed E-state index contributed by atoms with van der Waals surface area (Å²) in [5, 5.41) is 11.1. The molecular weight excluding hydrogens is 242 g/mol. The number of nitrogens with two attached hydrogens (primary N) is 1. The summed E-state index contributed by atoms with van der Waals surface area (Å²) >= 11 is 0. The standard InChI is InChI=1S/C10H17N3O5/c1-6-5-13(2-3-18-6)10(17)12-7(9(15)16)4-8(11)14/h6-7H,2-5H2,1H3,(H2,11,14)(H,12,17)(H,15,16)/t6?,7-/m0/s1. The average molecular weight is 259 g/mol. The Morgan fingerprint density at radius 2 is 2.22 bits per heavy atom. The van der Waals surface area contributed by atoms with Crippen LogP contribution in [0.4, 0.5) is 4.79 Å². The number of carbonyl (C=O) groups excluding carboxylic acids is 2. The highest BCUT2D eigenvalue weighted by Crippen LogP contribution is 2.05. The van der Waals surface area contributed by atoms with E-state index in [4.69, 9.17) is 15.6 Å². The van der Waals surface area contributed by atoms with Crippen molar-refractivity contribution in [3.05, 3.63) is 0 Å². The van der Waals surface area contributed by atoms with Crippen LogP contribution in [-0.2, 0) is 14.3 Å². The molecule has 0 bridgehead atoms. The second-order valence-corrected chi connectivity index (χ2v) is 4.14. The number of morpholine rings is 1. The summed E-state index contributed by atoms with van der Waals surface area (Å²) in [4.78, 5) is 34.8. The summed E-state index contributed by atoms with van der Waals surface area (Å²) < 4.78 is 5.26. The quantitative estimate of drug-likeness (QED) is 0.582. The fourth-order valence-electron chi connectivity index (χ4n) is 1.64. The number of nitrogens with one attached hydrogen (secondary N) is 1. The van der Waals surface area contributed by atoms with Crippen LogP contribution in [0.1, 0.15) is 13.3 Å². The molecule has 0 aromatic carbocycles. The molecule has 1 rings (SSSR count). The lowest BCUT2D eigenvalue weighted by Crippen LogP contribution is -2.53. The lowest BCUT2D eigenvalue weighted by atomic mass is 10.2.